The molecule has 0 spiro atoms. The number of carbonyl (C=O) groups is 1. The first-order valence-corrected chi connectivity index (χ1v) is 8.38. The molecular formula is C18H21BrN2O3. The molecule has 0 saturated carbocycles. The average Bonchev–Trinajstić information content (AvgIpc) is 2.60. The zero-order chi connectivity index (χ0) is 17.4. The van der Waals surface area contributed by atoms with Gasteiger partial charge in [-0.05, 0) is 30.3 Å². The van der Waals surface area contributed by atoms with Crippen LogP contribution in [0, 0.1) is 0 Å². The molecule has 0 aliphatic carbocycles. The van der Waals surface area contributed by atoms with Crippen LogP contribution in [0.25, 0.3) is 0 Å². The van der Waals surface area contributed by atoms with E-state index in [1.165, 1.54) is 0 Å². The zero-order valence-electron chi connectivity index (χ0n) is 13.8. The number of carbonyl (C=O) groups excluding carboxylic acids is 1. The molecule has 2 amide bonds. The van der Waals surface area contributed by atoms with Crippen LogP contribution in [0.2, 0.25) is 0 Å². The average molecular weight is 393 g/mol. The molecule has 1 N–H and O–H groups in total. The van der Waals surface area contributed by atoms with Crippen LogP contribution in [0.4, 0.5) is 4.79 Å². The number of hydrogen-bond acceptors (Lipinski definition) is 3. The molecule has 2 aromatic carbocycles. The quantitative estimate of drug-likeness (QED) is 0.781. The van der Waals surface area contributed by atoms with E-state index in [0.717, 1.165) is 21.5 Å². The molecule has 5 nitrogen and oxygen atoms in total. The first-order valence-electron chi connectivity index (χ1n) is 7.59. The molecule has 0 fully saturated rings. The maximum absolute atomic E-state index is 12.2. The van der Waals surface area contributed by atoms with Crippen molar-refractivity contribution in [1.29, 1.82) is 0 Å². The predicted octanol–water partition coefficient (Wildman–Crippen LogP) is 3.68. The highest BCUT2D eigenvalue weighted by Gasteiger charge is 2.10. The Morgan fingerprint density at radius 3 is 2.67 bits per heavy atom. The first kappa shape index (κ1) is 18.1. The summed E-state index contributed by atoms with van der Waals surface area (Å²) in [6.07, 6.45) is 0. The molecule has 0 aromatic heterocycles. The van der Waals surface area contributed by atoms with E-state index in [1.54, 1.807) is 19.1 Å². The van der Waals surface area contributed by atoms with Gasteiger partial charge in [0.1, 0.15) is 18.1 Å². The molecule has 2 aromatic rings. The number of para-hydroxylation sites is 1. The van der Waals surface area contributed by atoms with Crippen molar-refractivity contribution in [1.82, 2.24) is 10.2 Å². The Morgan fingerprint density at radius 2 is 1.96 bits per heavy atom. The molecule has 0 heterocycles. The minimum absolute atomic E-state index is 0.159. The lowest BCUT2D eigenvalue weighted by Gasteiger charge is -2.19. The van der Waals surface area contributed by atoms with Gasteiger partial charge in [-0.2, -0.15) is 0 Å². The van der Waals surface area contributed by atoms with Crippen molar-refractivity contribution in [3.05, 3.63) is 58.6 Å². The molecule has 0 aliphatic heterocycles. The van der Waals surface area contributed by atoms with E-state index < -0.39 is 0 Å². The fraction of sp³-hybridized carbons (Fsp3) is 0.278. The van der Waals surface area contributed by atoms with Crippen LogP contribution in [-0.2, 0) is 6.54 Å². The lowest BCUT2D eigenvalue weighted by atomic mass is 10.2. The van der Waals surface area contributed by atoms with Crippen molar-refractivity contribution in [2.24, 2.45) is 0 Å². The highest BCUT2D eigenvalue weighted by atomic mass is 79.9. The number of halogens is 1. The van der Waals surface area contributed by atoms with Gasteiger partial charge in [0.25, 0.3) is 0 Å². The Balaban J connectivity index is 1.78. The second-order valence-corrected chi connectivity index (χ2v) is 6.11. The molecule has 128 valence electrons. The number of hydrogen-bond donors (Lipinski definition) is 1. The number of urea groups is 1. The smallest absolute Gasteiger partial charge is 0.317 e. The molecule has 6 heteroatoms. The van der Waals surface area contributed by atoms with Crippen LogP contribution in [-0.4, -0.2) is 38.2 Å². The highest BCUT2D eigenvalue weighted by Crippen LogP contribution is 2.22. The molecule has 24 heavy (non-hydrogen) atoms. The molecule has 0 unspecified atom stereocenters. The van der Waals surface area contributed by atoms with Crippen LogP contribution in [0.3, 0.4) is 0 Å². The minimum Gasteiger partial charge on any atom is -0.496 e. The number of benzene rings is 2. The van der Waals surface area contributed by atoms with Gasteiger partial charge in [0.15, 0.2) is 0 Å². The van der Waals surface area contributed by atoms with Gasteiger partial charge in [-0.3, -0.25) is 0 Å². The summed E-state index contributed by atoms with van der Waals surface area (Å²) >= 11 is 3.42. The summed E-state index contributed by atoms with van der Waals surface area (Å²) < 4.78 is 11.8. The van der Waals surface area contributed by atoms with E-state index in [0.29, 0.717) is 19.7 Å². The standard InChI is InChI=1S/C18H21BrN2O3/c1-21(10-11-24-16-6-4-3-5-7-16)18(22)20-13-14-12-15(19)8-9-17(14)23-2/h3-9,12H,10-11,13H2,1-2H3,(H,20,22). The maximum atomic E-state index is 12.2. The van der Waals surface area contributed by atoms with Gasteiger partial charge >= 0.3 is 6.03 Å². The Morgan fingerprint density at radius 1 is 1.21 bits per heavy atom. The van der Waals surface area contributed by atoms with Crippen LogP contribution in [0.5, 0.6) is 11.5 Å². The Kier molecular flexibility index (Phi) is 6.93. The number of methoxy groups -OCH3 is 1. The van der Waals surface area contributed by atoms with Gasteiger partial charge in [-0.25, -0.2) is 4.79 Å². The van der Waals surface area contributed by atoms with Gasteiger partial charge < -0.3 is 19.7 Å². The van der Waals surface area contributed by atoms with Crippen LogP contribution >= 0.6 is 15.9 Å². The molecule has 0 radical (unpaired) electrons. The predicted molar refractivity (Wildman–Crippen MR) is 97.5 cm³/mol. The molecule has 0 saturated heterocycles. The van der Waals surface area contributed by atoms with E-state index >= 15 is 0 Å². The third kappa shape index (κ3) is 5.45. The zero-order valence-corrected chi connectivity index (χ0v) is 15.4. The summed E-state index contributed by atoms with van der Waals surface area (Å²) in [5, 5.41) is 2.88. The van der Waals surface area contributed by atoms with Crippen molar-refractivity contribution < 1.29 is 14.3 Å². The second-order valence-electron chi connectivity index (χ2n) is 5.20. The molecule has 0 aliphatic rings. The molecule has 0 bridgehead atoms. The third-order valence-electron chi connectivity index (χ3n) is 3.46. The fourth-order valence-corrected chi connectivity index (χ4v) is 2.52. The lowest BCUT2D eigenvalue weighted by Crippen LogP contribution is -2.39. The Hall–Kier alpha value is -2.21. The summed E-state index contributed by atoms with van der Waals surface area (Å²) in [5.74, 6) is 1.54. The van der Waals surface area contributed by atoms with Gasteiger partial charge in [0.2, 0.25) is 0 Å². The summed E-state index contributed by atoms with van der Waals surface area (Å²) in [4.78, 5) is 13.7. The van der Waals surface area contributed by atoms with Gasteiger partial charge in [-0.1, -0.05) is 34.1 Å². The molecular weight excluding hydrogens is 372 g/mol. The number of likely N-dealkylation sites (N-methyl/N-ethyl adjacent to an activating group) is 1. The van der Waals surface area contributed by atoms with E-state index in [4.69, 9.17) is 9.47 Å². The normalized spacial score (nSPS) is 10.1. The summed E-state index contributed by atoms with van der Waals surface area (Å²) in [7, 11) is 3.35. The fourth-order valence-electron chi connectivity index (χ4n) is 2.11. The van der Waals surface area contributed by atoms with E-state index in [9.17, 15) is 4.79 Å². The van der Waals surface area contributed by atoms with Crippen molar-refractivity contribution in [2.45, 2.75) is 6.54 Å². The SMILES string of the molecule is COc1ccc(Br)cc1CNC(=O)N(C)CCOc1ccccc1. The number of ether oxygens (including phenoxy) is 2. The van der Waals surface area contributed by atoms with Crippen LogP contribution in [0.1, 0.15) is 5.56 Å². The number of amides is 2. The number of nitrogens with zero attached hydrogens (tertiary/aromatic N) is 1. The van der Waals surface area contributed by atoms with Gasteiger partial charge in [0.05, 0.1) is 13.7 Å². The number of nitrogens with one attached hydrogen (secondary N) is 1. The van der Waals surface area contributed by atoms with E-state index in [-0.39, 0.29) is 6.03 Å². The van der Waals surface area contributed by atoms with Crippen molar-refractivity contribution in [3.8, 4) is 11.5 Å². The van der Waals surface area contributed by atoms with Crippen molar-refractivity contribution >= 4 is 22.0 Å². The second kappa shape index (κ2) is 9.17. The van der Waals surface area contributed by atoms with E-state index in [2.05, 4.69) is 21.2 Å². The van der Waals surface area contributed by atoms with Crippen molar-refractivity contribution in [3.63, 3.8) is 0 Å². The Labute approximate surface area is 150 Å². The molecule has 2 rings (SSSR count). The van der Waals surface area contributed by atoms with E-state index in [1.807, 2.05) is 48.5 Å². The topological polar surface area (TPSA) is 50.8 Å². The third-order valence-corrected chi connectivity index (χ3v) is 3.95. The van der Waals surface area contributed by atoms with Crippen LogP contribution in [0.15, 0.2) is 53.0 Å². The van der Waals surface area contributed by atoms with Crippen LogP contribution < -0.4 is 14.8 Å². The molecule has 0 atom stereocenters. The van der Waals surface area contributed by atoms with Crippen molar-refractivity contribution in [2.75, 3.05) is 27.3 Å². The summed E-state index contributed by atoms with van der Waals surface area (Å²) in [5.41, 5.74) is 0.911. The lowest BCUT2D eigenvalue weighted by molar-refractivity contribution is 0.195. The minimum atomic E-state index is -0.159. The summed E-state index contributed by atoms with van der Waals surface area (Å²) in [6.45, 7) is 1.33. The first-order chi connectivity index (χ1) is 11.6. The monoisotopic (exact) mass is 392 g/mol. The van der Waals surface area contributed by atoms with Gasteiger partial charge in [-0.15, -0.1) is 0 Å². The summed E-state index contributed by atoms with van der Waals surface area (Å²) in [6, 6.07) is 15.1. The largest absolute Gasteiger partial charge is 0.496 e. The van der Waals surface area contributed by atoms with Gasteiger partial charge in [0, 0.05) is 23.6 Å². The Bertz CT molecular complexity index is 665. The highest BCUT2D eigenvalue weighted by molar-refractivity contribution is 9.10. The number of rotatable bonds is 7. The maximum Gasteiger partial charge on any atom is 0.317 e.